The second-order valence-corrected chi connectivity index (χ2v) is 3.69. The molecule has 84 valence electrons. The van der Waals surface area contributed by atoms with E-state index in [0.717, 1.165) is 0 Å². The molecule has 6 heteroatoms. The Labute approximate surface area is 96.9 Å². The molecule has 0 saturated heterocycles. The summed E-state index contributed by atoms with van der Waals surface area (Å²) in [4.78, 5) is 4.00. The third-order valence-corrected chi connectivity index (χ3v) is 2.50. The molecule has 0 radical (unpaired) electrons. The van der Waals surface area contributed by atoms with Crippen LogP contribution in [0.25, 0.3) is 0 Å². The van der Waals surface area contributed by atoms with Gasteiger partial charge in [-0.15, -0.1) is 0 Å². The van der Waals surface area contributed by atoms with E-state index in [9.17, 15) is 4.39 Å². The van der Waals surface area contributed by atoms with Gasteiger partial charge >= 0.3 is 0 Å². The van der Waals surface area contributed by atoms with Crippen LogP contribution in [0.3, 0.4) is 0 Å². The van der Waals surface area contributed by atoms with Gasteiger partial charge < -0.3 is 5.32 Å². The molecule has 0 fully saturated rings. The summed E-state index contributed by atoms with van der Waals surface area (Å²) in [6.45, 7) is 0. The molecule has 1 aromatic carbocycles. The summed E-state index contributed by atoms with van der Waals surface area (Å²) in [5, 5.41) is 9.78. The smallest absolute Gasteiger partial charge is 0.146 e. The highest BCUT2D eigenvalue weighted by molar-refractivity contribution is 6.30. The topological polar surface area (TPSA) is 53.6 Å². The number of aromatic nitrogens is 3. The number of hydrogen-bond acceptors (Lipinski definition) is 3. The lowest BCUT2D eigenvalue weighted by Gasteiger charge is -2.14. The average Bonchev–Trinajstić information content (AvgIpc) is 2.75. The van der Waals surface area contributed by atoms with Crippen LogP contribution in [0.4, 0.5) is 4.39 Å². The first-order chi connectivity index (χ1) is 7.72. The SMILES string of the molecule is CNC(c1ncn[nH]1)c1ccc(Cl)cc1F. The van der Waals surface area contributed by atoms with Crippen molar-refractivity contribution >= 4 is 11.6 Å². The Kier molecular flexibility index (Phi) is 3.17. The van der Waals surface area contributed by atoms with E-state index in [-0.39, 0.29) is 11.9 Å². The fourth-order valence-electron chi connectivity index (χ4n) is 1.53. The van der Waals surface area contributed by atoms with Gasteiger partial charge in [0.05, 0.1) is 6.04 Å². The summed E-state index contributed by atoms with van der Waals surface area (Å²) >= 11 is 5.69. The first kappa shape index (κ1) is 11.0. The largest absolute Gasteiger partial charge is 0.307 e. The molecular formula is C10H10ClFN4. The van der Waals surface area contributed by atoms with Crippen molar-refractivity contribution in [3.8, 4) is 0 Å². The van der Waals surface area contributed by atoms with Crippen molar-refractivity contribution in [2.75, 3.05) is 7.05 Å². The minimum Gasteiger partial charge on any atom is -0.307 e. The number of H-pyrrole nitrogens is 1. The molecule has 2 aromatic rings. The highest BCUT2D eigenvalue weighted by Gasteiger charge is 2.18. The Morgan fingerprint density at radius 1 is 1.50 bits per heavy atom. The Balaban J connectivity index is 2.41. The summed E-state index contributed by atoms with van der Waals surface area (Å²) in [7, 11) is 1.72. The maximum Gasteiger partial charge on any atom is 0.146 e. The summed E-state index contributed by atoms with van der Waals surface area (Å²) in [6, 6.07) is 4.18. The molecule has 0 saturated carbocycles. The van der Waals surface area contributed by atoms with E-state index in [2.05, 4.69) is 20.5 Å². The van der Waals surface area contributed by atoms with Gasteiger partial charge in [-0.1, -0.05) is 17.7 Å². The Bertz CT molecular complexity index is 472. The van der Waals surface area contributed by atoms with E-state index < -0.39 is 0 Å². The summed E-state index contributed by atoms with van der Waals surface area (Å²) in [5.41, 5.74) is 0.476. The second kappa shape index (κ2) is 4.59. The molecular weight excluding hydrogens is 231 g/mol. The zero-order chi connectivity index (χ0) is 11.5. The van der Waals surface area contributed by atoms with Crippen LogP contribution >= 0.6 is 11.6 Å². The van der Waals surface area contributed by atoms with Crippen molar-refractivity contribution < 1.29 is 4.39 Å². The third kappa shape index (κ3) is 2.05. The lowest BCUT2D eigenvalue weighted by atomic mass is 10.1. The average molecular weight is 241 g/mol. The van der Waals surface area contributed by atoms with Crippen LogP contribution in [0.5, 0.6) is 0 Å². The number of benzene rings is 1. The van der Waals surface area contributed by atoms with E-state index in [1.54, 1.807) is 19.2 Å². The predicted molar refractivity (Wildman–Crippen MR) is 58.7 cm³/mol. The first-order valence-corrected chi connectivity index (χ1v) is 5.07. The van der Waals surface area contributed by atoms with Gasteiger partial charge in [0.1, 0.15) is 18.0 Å². The maximum atomic E-state index is 13.7. The van der Waals surface area contributed by atoms with Gasteiger partial charge in [0.25, 0.3) is 0 Å². The van der Waals surface area contributed by atoms with Crippen molar-refractivity contribution in [2.45, 2.75) is 6.04 Å². The van der Waals surface area contributed by atoms with Gasteiger partial charge in [0.2, 0.25) is 0 Å². The minimum absolute atomic E-state index is 0.361. The molecule has 0 amide bonds. The predicted octanol–water partition coefficient (Wildman–Crippen LogP) is 1.91. The van der Waals surface area contributed by atoms with E-state index in [4.69, 9.17) is 11.6 Å². The number of halogens is 2. The molecule has 16 heavy (non-hydrogen) atoms. The molecule has 2 N–H and O–H groups in total. The normalized spacial score (nSPS) is 12.7. The maximum absolute atomic E-state index is 13.7. The van der Waals surface area contributed by atoms with Gasteiger partial charge in [-0.05, 0) is 19.2 Å². The van der Waals surface area contributed by atoms with Crippen molar-refractivity contribution in [1.29, 1.82) is 0 Å². The van der Waals surface area contributed by atoms with E-state index in [1.165, 1.54) is 12.4 Å². The molecule has 0 spiro atoms. The van der Waals surface area contributed by atoms with Crippen molar-refractivity contribution in [3.05, 3.63) is 46.8 Å². The van der Waals surface area contributed by atoms with Crippen LogP contribution in [0.15, 0.2) is 24.5 Å². The zero-order valence-electron chi connectivity index (χ0n) is 8.54. The van der Waals surface area contributed by atoms with E-state index in [1.807, 2.05) is 0 Å². The van der Waals surface area contributed by atoms with Gasteiger partial charge in [-0.3, -0.25) is 5.10 Å². The number of hydrogen-bond donors (Lipinski definition) is 2. The fraction of sp³-hybridized carbons (Fsp3) is 0.200. The highest BCUT2D eigenvalue weighted by atomic mass is 35.5. The molecule has 0 aliphatic carbocycles. The Morgan fingerprint density at radius 2 is 2.31 bits per heavy atom. The van der Waals surface area contributed by atoms with E-state index >= 15 is 0 Å². The molecule has 0 aliphatic heterocycles. The zero-order valence-corrected chi connectivity index (χ0v) is 9.29. The summed E-state index contributed by atoms with van der Waals surface area (Å²) in [6.07, 6.45) is 1.38. The molecule has 2 rings (SSSR count). The molecule has 1 aromatic heterocycles. The standard InChI is InChI=1S/C10H10ClFN4/c1-13-9(10-14-5-15-16-10)7-3-2-6(11)4-8(7)12/h2-5,9,13H,1H3,(H,14,15,16). The van der Waals surface area contributed by atoms with Gasteiger partial charge in [0, 0.05) is 10.6 Å². The molecule has 0 bridgehead atoms. The Hall–Kier alpha value is -1.46. The van der Waals surface area contributed by atoms with E-state index in [0.29, 0.717) is 16.4 Å². The number of aromatic amines is 1. The lowest BCUT2D eigenvalue weighted by molar-refractivity contribution is 0.564. The second-order valence-electron chi connectivity index (χ2n) is 3.26. The van der Waals surface area contributed by atoms with Crippen LogP contribution in [-0.4, -0.2) is 22.2 Å². The number of rotatable bonds is 3. The van der Waals surface area contributed by atoms with Crippen molar-refractivity contribution in [3.63, 3.8) is 0 Å². The molecule has 4 nitrogen and oxygen atoms in total. The van der Waals surface area contributed by atoms with Gasteiger partial charge in [-0.25, -0.2) is 9.37 Å². The number of nitrogens with zero attached hydrogens (tertiary/aromatic N) is 2. The van der Waals surface area contributed by atoms with Crippen LogP contribution < -0.4 is 5.32 Å². The molecule has 1 atom stereocenters. The quantitative estimate of drug-likeness (QED) is 0.862. The Morgan fingerprint density at radius 3 is 2.88 bits per heavy atom. The first-order valence-electron chi connectivity index (χ1n) is 4.70. The minimum atomic E-state index is -0.372. The number of nitrogens with one attached hydrogen (secondary N) is 2. The van der Waals surface area contributed by atoms with Gasteiger partial charge in [-0.2, -0.15) is 5.10 Å². The van der Waals surface area contributed by atoms with Crippen LogP contribution in [0.1, 0.15) is 17.4 Å². The van der Waals surface area contributed by atoms with Crippen LogP contribution in [-0.2, 0) is 0 Å². The summed E-state index contributed by atoms with van der Waals surface area (Å²) in [5.74, 6) is 0.187. The van der Waals surface area contributed by atoms with Crippen LogP contribution in [0.2, 0.25) is 5.02 Å². The highest BCUT2D eigenvalue weighted by Crippen LogP contribution is 2.23. The summed E-state index contributed by atoms with van der Waals surface area (Å²) < 4.78 is 13.7. The monoisotopic (exact) mass is 240 g/mol. The van der Waals surface area contributed by atoms with Crippen molar-refractivity contribution in [2.24, 2.45) is 0 Å². The van der Waals surface area contributed by atoms with Gasteiger partial charge in [0.15, 0.2) is 0 Å². The molecule has 1 unspecified atom stereocenters. The molecule has 0 aliphatic rings. The van der Waals surface area contributed by atoms with Crippen LogP contribution in [0, 0.1) is 5.82 Å². The lowest BCUT2D eigenvalue weighted by Crippen LogP contribution is -2.20. The third-order valence-electron chi connectivity index (χ3n) is 2.27. The molecule has 1 heterocycles. The fourth-order valence-corrected chi connectivity index (χ4v) is 1.69. The van der Waals surface area contributed by atoms with Crippen molar-refractivity contribution in [1.82, 2.24) is 20.5 Å².